The van der Waals surface area contributed by atoms with Gasteiger partial charge < -0.3 is 25.7 Å². The molecule has 0 aromatic heterocycles. The summed E-state index contributed by atoms with van der Waals surface area (Å²) in [6, 6.07) is 0. The maximum atomic E-state index is 12.0. The van der Waals surface area contributed by atoms with Crippen LogP contribution >= 0.6 is 0 Å². The van der Waals surface area contributed by atoms with Gasteiger partial charge in [-0.3, -0.25) is 9.59 Å². The van der Waals surface area contributed by atoms with Crippen molar-refractivity contribution in [3.63, 3.8) is 0 Å². The highest BCUT2D eigenvalue weighted by atomic mass is 16.4. The fraction of sp³-hybridized carbons (Fsp3) is 0.500. The van der Waals surface area contributed by atoms with E-state index in [4.69, 9.17) is 5.41 Å². The van der Waals surface area contributed by atoms with Crippen molar-refractivity contribution in [1.82, 2.24) is 10.2 Å². The number of amides is 2. The van der Waals surface area contributed by atoms with Gasteiger partial charge in [-0.2, -0.15) is 0 Å². The van der Waals surface area contributed by atoms with E-state index in [0.717, 1.165) is 12.6 Å². The standard InChI is InChI=1S/C14H22BN3O4/c1-2-3-4-6-11(9-16)14(20)17-10-13(19)18-8-5-7-12(18)15(21)22/h3-4,6,9,12,16,21-22H,2,5,7-8,10H2,1H3,(H,17,20)/b4-3+,11-6+,16-9?. The van der Waals surface area contributed by atoms with E-state index < -0.39 is 19.0 Å². The molecule has 7 nitrogen and oxygen atoms in total. The zero-order valence-corrected chi connectivity index (χ0v) is 12.7. The van der Waals surface area contributed by atoms with E-state index in [2.05, 4.69) is 5.32 Å². The minimum atomic E-state index is -1.57. The summed E-state index contributed by atoms with van der Waals surface area (Å²) in [5.74, 6) is -1.49. The minimum Gasteiger partial charge on any atom is -0.426 e. The van der Waals surface area contributed by atoms with E-state index >= 15 is 0 Å². The normalized spacial score (nSPS) is 18.6. The Hall–Kier alpha value is -1.93. The summed E-state index contributed by atoms with van der Waals surface area (Å²) in [5, 5.41) is 28.1. The lowest BCUT2D eigenvalue weighted by molar-refractivity contribution is -0.132. The van der Waals surface area contributed by atoms with Gasteiger partial charge in [-0.1, -0.05) is 19.1 Å². The lowest BCUT2D eigenvalue weighted by Gasteiger charge is -2.24. The number of nitrogens with zero attached hydrogens (tertiary/aromatic N) is 1. The monoisotopic (exact) mass is 307 g/mol. The first-order valence-corrected chi connectivity index (χ1v) is 7.32. The Labute approximate surface area is 130 Å². The molecule has 1 heterocycles. The molecule has 4 N–H and O–H groups in total. The average Bonchev–Trinajstić information content (AvgIpc) is 2.98. The second kappa shape index (κ2) is 9.17. The molecular formula is C14H22BN3O4. The Bertz CT molecular complexity index is 477. The summed E-state index contributed by atoms with van der Waals surface area (Å²) in [6.45, 7) is 2.17. The van der Waals surface area contributed by atoms with Gasteiger partial charge in [0.25, 0.3) is 5.91 Å². The van der Waals surface area contributed by atoms with E-state index in [0.29, 0.717) is 19.4 Å². The molecule has 120 valence electrons. The molecule has 1 saturated heterocycles. The largest absolute Gasteiger partial charge is 0.475 e. The van der Waals surface area contributed by atoms with Crippen LogP contribution in [-0.2, 0) is 9.59 Å². The predicted molar refractivity (Wildman–Crippen MR) is 84.2 cm³/mol. The molecule has 1 aliphatic rings. The molecular weight excluding hydrogens is 285 g/mol. The van der Waals surface area contributed by atoms with Crippen molar-refractivity contribution >= 4 is 25.1 Å². The van der Waals surface area contributed by atoms with Crippen LogP contribution in [0.15, 0.2) is 23.8 Å². The van der Waals surface area contributed by atoms with Crippen molar-refractivity contribution in [3.8, 4) is 0 Å². The predicted octanol–water partition coefficient (Wildman–Crippen LogP) is -0.352. The Balaban J connectivity index is 2.55. The van der Waals surface area contributed by atoms with Crippen LogP contribution in [0, 0.1) is 5.41 Å². The number of rotatable bonds is 7. The van der Waals surface area contributed by atoms with Crippen LogP contribution in [0.2, 0.25) is 0 Å². The number of carbonyl (C=O) groups is 2. The number of nitrogens with one attached hydrogen (secondary N) is 2. The van der Waals surface area contributed by atoms with Crippen LogP contribution in [0.25, 0.3) is 0 Å². The van der Waals surface area contributed by atoms with Gasteiger partial charge in [-0.25, -0.2) is 0 Å². The van der Waals surface area contributed by atoms with E-state index in [9.17, 15) is 19.6 Å². The molecule has 2 amide bonds. The summed E-state index contributed by atoms with van der Waals surface area (Å²) in [6.07, 6.45) is 8.02. The number of allylic oxidation sites excluding steroid dienone is 3. The third kappa shape index (κ3) is 5.12. The van der Waals surface area contributed by atoms with Crippen LogP contribution in [0.5, 0.6) is 0 Å². The number of hydrogen-bond donors (Lipinski definition) is 4. The third-order valence-electron chi connectivity index (χ3n) is 3.43. The van der Waals surface area contributed by atoms with Gasteiger partial charge >= 0.3 is 7.12 Å². The smallest absolute Gasteiger partial charge is 0.426 e. The Morgan fingerprint density at radius 2 is 2.18 bits per heavy atom. The van der Waals surface area contributed by atoms with Crippen molar-refractivity contribution in [2.24, 2.45) is 0 Å². The van der Waals surface area contributed by atoms with E-state index in [1.807, 2.05) is 13.0 Å². The topological polar surface area (TPSA) is 114 Å². The molecule has 0 saturated carbocycles. The first kappa shape index (κ1) is 18.1. The van der Waals surface area contributed by atoms with Crippen molar-refractivity contribution in [2.75, 3.05) is 13.1 Å². The molecule has 22 heavy (non-hydrogen) atoms. The Kier molecular flexibility index (Phi) is 7.55. The summed E-state index contributed by atoms with van der Waals surface area (Å²) in [7, 11) is -1.57. The van der Waals surface area contributed by atoms with Crippen molar-refractivity contribution in [1.29, 1.82) is 5.41 Å². The van der Waals surface area contributed by atoms with Crippen LogP contribution in [0.4, 0.5) is 0 Å². The van der Waals surface area contributed by atoms with Crippen molar-refractivity contribution in [2.45, 2.75) is 32.1 Å². The van der Waals surface area contributed by atoms with Gasteiger partial charge in [-0.05, 0) is 25.3 Å². The molecule has 0 aliphatic carbocycles. The zero-order valence-electron chi connectivity index (χ0n) is 12.7. The Morgan fingerprint density at radius 3 is 2.77 bits per heavy atom. The molecule has 0 aromatic carbocycles. The quantitative estimate of drug-likeness (QED) is 0.223. The summed E-state index contributed by atoms with van der Waals surface area (Å²) < 4.78 is 0. The summed E-state index contributed by atoms with van der Waals surface area (Å²) in [4.78, 5) is 25.3. The van der Waals surface area contributed by atoms with Gasteiger partial charge in [0.2, 0.25) is 5.91 Å². The fourth-order valence-corrected chi connectivity index (χ4v) is 2.27. The summed E-state index contributed by atoms with van der Waals surface area (Å²) in [5.41, 5.74) is 0.151. The lowest BCUT2D eigenvalue weighted by Crippen LogP contribution is -2.49. The molecule has 1 unspecified atom stereocenters. The van der Waals surface area contributed by atoms with Gasteiger partial charge in [0.05, 0.1) is 18.1 Å². The SMILES string of the molecule is CC/C=C/C=C(\C=N)C(=O)NCC(=O)N1CCCC1B(O)O. The molecule has 1 fully saturated rings. The maximum Gasteiger partial charge on any atom is 0.475 e. The second-order valence-electron chi connectivity index (χ2n) is 5.00. The fourth-order valence-electron chi connectivity index (χ4n) is 2.27. The maximum absolute atomic E-state index is 12.0. The highest BCUT2D eigenvalue weighted by Gasteiger charge is 2.36. The molecule has 0 radical (unpaired) electrons. The average molecular weight is 307 g/mol. The van der Waals surface area contributed by atoms with Gasteiger partial charge in [0.1, 0.15) is 0 Å². The molecule has 8 heteroatoms. The van der Waals surface area contributed by atoms with Gasteiger partial charge in [0.15, 0.2) is 0 Å². The highest BCUT2D eigenvalue weighted by Crippen LogP contribution is 2.17. The second-order valence-corrected chi connectivity index (χ2v) is 5.00. The number of hydrogen-bond acceptors (Lipinski definition) is 5. The first-order valence-electron chi connectivity index (χ1n) is 7.32. The number of likely N-dealkylation sites (tertiary alicyclic amines) is 1. The van der Waals surface area contributed by atoms with Crippen molar-refractivity contribution < 1.29 is 19.6 Å². The lowest BCUT2D eigenvalue weighted by atomic mass is 9.78. The van der Waals surface area contributed by atoms with Crippen LogP contribution in [0.1, 0.15) is 26.2 Å². The van der Waals surface area contributed by atoms with Crippen LogP contribution < -0.4 is 5.32 Å². The van der Waals surface area contributed by atoms with Gasteiger partial charge in [0, 0.05) is 12.8 Å². The zero-order chi connectivity index (χ0) is 16.5. The van der Waals surface area contributed by atoms with E-state index in [1.54, 1.807) is 6.08 Å². The van der Waals surface area contributed by atoms with Crippen LogP contribution in [0.3, 0.4) is 0 Å². The molecule has 0 aromatic rings. The van der Waals surface area contributed by atoms with E-state index in [1.165, 1.54) is 11.0 Å². The first-order chi connectivity index (χ1) is 10.5. The highest BCUT2D eigenvalue weighted by molar-refractivity contribution is 6.43. The summed E-state index contributed by atoms with van der Waals surface area (Å²) >= 11 is 0. The van der Waals surface area contributed by atoms with Crippen LogP contribution in [-0.4, -0.2) is 59.1 Å². The molecule has 1 rings (SSSR count). The van der Waals surface area contributed by atoms with Crippen molar-refractivity contribution in [3.05, 3.63) is 23.8 Å². The van der Waals surface area contributed by atoms with E-state index in [-0.39, 0.29) is 18.0 Å². The third-order valence-corrected chi connectivity index (χ3v) is 3.43. The number of carbonyl (C=O) groups excluding carboxylic acids is 2. The Morgan fingerprint density at radius 1 is 1.45 bits per heavy atom. The minimum absolute atomic E-state index is 0.151. The van der Waals surface area contributed by atoms with Gasteiger partial charge in [-0.15, -0.1) is 0 Å². The molecule has 0 bridgehead atoms. The molecule has 1 atom stereocenters. The molecule has 1 aliphatic heterocycles. The molecule has 0 spiro atoms.